The molecular formula is C17H20F3NO3. The van der Waals surface area contributed by atoms with Crippen molar-refractivity contribution in [2.24, 2.45) is 0 Å². The summed E-state index contributed by atoms with van der Waals surface area (Å²) in [6, 6.07) is 2.53. The quantitative estimate of drug-likeness (QED) is 0.851. The zero-order chi connectivity index (χ0) is 17.7. The molecule has 2 heterocycles. The number of halogens is 3. The number of aliphatic hydroxyl groups is 1. The van der Waals surface area contributed by atoms with Gasteiger partial charge in [-0.2, -0.15) is 13.2 Å². The number of rotatable bonds is 1. The molecule has 2 aliphatic rings. The van der Waals surface area contributed by atoms with Gasteiger partial charge in [0.1, 0.15) is 17.5 Å². The average molecular weight is 343 g/mol. The van der Waals surface area contributed by atoms with Crippen molar-refractivity contribution in [3.8, 4) is 5.75 Å². The van der Waals surface area contributed by atoms with Crippen molar-refractivity contribution in [3.63, 3.8) is 0 Å². The molecule has 1 fully saturated rings. The van der Waals surface area contributed by atoms with Crippen LogP contribution >= 0.6 is 0 Å². The van der Waals surface area contributed by atoms with E-state index in [1.807, 2.05) is 0 Å². The van der Waals surface area contributed by atoms with Crippen molar-refractivity contribution >= 4 is 5.91 Å². The van der Waals surface area contributed by atoms with Crippen molar-refractivity contribution < 1.29 is 27.8 Å². The molecule has 24 heavy (non-hydrogen) atoms. The Hall–Kier alpha value is -1.76. The maximum Gasteiger partial charge on any atom is 0.416 e. The van der Waals surface area contributed by atoms with Crippen LogP contribution in [0, 0.1) is 0 Å². The second-order valence-corrected chi connectivity index (χ2v) is 6.89. The summed E-state index contributed by atoms with van der Waals surface area (Å²) in [5, 5.41) is 10.7. The van der Waals surface area contributed by atoms with Gasteiger partial charge in [-0.1, -0.05) is 6.07 Å². The van der Waals surface area contributed by atoms with E-state index < -0.39 is 29.5 Å². The van der Waals surface area contributed by atoms with E-state index in [2.05, 4.69) is 0 Å². The summed E-state index contributed by atoms with van der Waals surface area (Å²) in [5.41, 5.74) is -1.48. The molecule has 2 unspecified atom stereocenters. The Balaban J connectivity index is 2.08. The van der Waals surface area contributed by atoms with Gasteiger partial charge in [0.2, 0.25) is 5.91 Å². The van der Waals surface area contributed by atoms with Crippen LogP contribution in [0.5, 0.6) is 5.75 Å². The fourth-order valence-electron chi connectivity index (χ4n) is 3.40. The van der Waals surface area contributed by atoms with E-state index in [1.165, 1.54) is 6.07 Å². The first-order valence-corrected chi connectivity index (χ1v) is 7.99. The number of hydrogen-bond acceptors (Lipinski definition) is 3. The number of fused-ring (bicyclic) bond motifs is 1. The topological polar surface area (TPSA) is 49.8 Å². The van der Waals surface area contributed by atoms with E-state index in [0.717, 1.165) is 25.0 Å². The Kier molecular flexibility index (Phi) is 4.02. The third kappa shape index (κ3) is 2.85. The minimum atomic E-state index is -4.48. The number of amides is 1. The van der Waals surface area contributed by atoms with Gasteiger partial charge in [0, 0.05) is 18.5 Å². The minimum absolute atomic E-state index is 0.0727. The molecule has 4 nitrogen and oxygen atoms in total. The molecule has 2 aliphatic heterocycles. The van der Waals surface area contributed by atoms with E-state index in [-0.39, 0.29) is 11.7 Å². The molecule has 2 atom stereocenters. The number of piperidine rings is 1. The van der Waals surface area contributed by atoms with Crippen LogP contribution in [0.3, 0.4) is 0 Å². The fraction of sp³-hybridized carbons (Fsp3) is 0.588. The predicted octanol–water partition coefficient (Wildman–Crippen LogP) is 3.29. The number of aliphatic hydroxyl groups excluding tert-OH is 1. The number of benzene rings is 1. The van der Waals surface area contributed by atoms with Crippen molar-refractivity contribution in [3.05, 3.63) is 29.3 Å². The number of ether oxygens (including phenoxy) is 1. The van der Waals surface area contributed by atoms with E-state index in [0.29, 0.717) is 18.5 Å². The highest BCUT2D eigenvalue weighted by molar-refractivity contribution is 5.77. The first-order valence-electron chi connectivity index (χ1n) is 7.99. The summed E-state index contributed by atoms with van der Waals surface area (Å²) >= 11 is 0. The molecule has 132 valence electrons. The van der Waals surface area contributed by atoms with Gasteiger partial charge in [-0.05, 0) is 38.8 Å². The van der Waals surface area contributed by atoms with Crippen molar-refractivity contribution in [1.82, 2.24) is 4.90 Å². The van der Waals surface area contributed by atoms with Gasteiger partial charge >= 0.3 is 6.18 Å². The molecule has 0 radical (unpaired) electrons. The smallest absolute Gasteiger partial charge is 0.416 e. The van der Waals surface area contributed by atoms with Gasteiger partial charge in [0.05, 0.1) is 11.6 Å². The van der Waals surface area contributed by atoms with Gasteiger partial charge in [-0.25, -0.2) is 0 Å². The van der Waals surface area contributed by atoms with Crippen molar-refractivity contribution in [1.29, 1.82) is 0 Å². The largest absolute Gasteiger partial charge is 0.485 e. The monoisotopic (exact) mass is 343 g/mol. The maximum absolute atomic E-state index is 13.0. The Morgan fingerprint density at radius 3 is 2.62 bits per heavy atom. The van der Waals surface area contributed by atoms with Gasteiger partial charge in [-0.3, -0.25) is 4.79 Å². The third-order valence-electron chi connectivity index (χ3n) is 4.74. The Morgan fingerprint density at radius 2 is 2.00 bits per heavy atom. The average Bonchev–Trinajstić information content (AvgIpc) is 2.48. The summed E-state index contributed by atoms with van der Waals surface area (Å²) in [6.45, 7) is 3.71. The van der Waals surface area contributed by atoms with E-state index in [4.69, 9.17) is 4.74 Å². The number of likely N-dealkylation sites (tertiary alicyclic amines) is 1. The van der Waals surface area contributed by atoms with E-state index in [9.17, 15) is 23.1 Å². The van der Waals surface area contributed by atoms with Crippen LogP contribution in [0.25, 0.3) is 0 Å². The van der Waals surface area contributed by atoms with Crippen LogP contribution in [-0.4, -0.2) is 34.2 Å². The predicted molar refractivity (Wildman–Crippen MR) is 80.5 cm³/mol. The highest BCUT2D eigenvalue weighted by Gasteiger charge is 2.47. The van der Waals surface area contributed by atoms with Crippen LogP contribution in [0.2, 0.25) is 0 Å². The standard InChI is InChI=1S/C17H20F3NO3/c1-16(2)15(23)14(21-8-4-3-5-13(21)22)11-7-6-10(17(18,19)20)9-12(11)24-16/h6-7,9,14-15,23H,3-5,8H2,1-2H3. The first-order chi connectivity index (χ1) is 11.1. The van der Waals surface area contributed by atoms with Crippen LogP contribution in [0.1, 0.15) is 50.3 Å². The lowest BCUT2D eigenvalue weighted by molar-refractivity contribution is -0.148. The lowest BCUT2D eigenvalue weighted by atomic mass is 9.84. The second kappa shape index (κ2) is 5.65. The molecular weight excluding hydrogens is 323 g/mol. The van der Waals surface area contributed by atoms with Crippen LogP contribution < -0.4 is 4.74 Å². The lowest BCUT2D eigenvalue weighted by Gasteiger charge is -2.47. The number of carbonyl (C=O) groups excluding carboxylic acids is 1. The molecule has 3 rings (SSSR count). The highest BCUT2D eigenvalue weighted by atomic mass is 19.4. The zero-order valence-electron chi connectivity index (χ0n) is 13.6. The summed E-state index contributed by atoms with van der Waals surface area (Å²) in [5.74, 6) is -0.0163. The van der Waals surface area contributed by atoms with Crippen molar-refractivity contribution in [2.45, 2.75) is 57.0 Å². The summed E-state index contributed by atoms with van der Waals surface area (Å²) < 4.78 is 44.6. The summed E-state index contributed by atoms with van der Waals surface area (Å²) in [7, 11) is 0. The zero-order valence-corrected chi connectivity index (χ0v) is 13.6. The van der Waals surface area contributed by atoms with Gasteiger partial charge < -0.3 is 14.7 Å². The van der Waals surface area contributed by atoms with Crippen LogP contribution in [-0.2, 0) is 11.0 Å². The number of nitrogens with zero attached hydrogens (tertiary/aromatic N) is 1. The molecule has 1 aromatic rings. The molecule has 1 saturated heterocycles. The summed E-state index contributed by atoms with van der Waals surface area (Å²) in [4.78, 5) is 13.9. The highest BCUT2D eigenvalue weighted by Crippen LogP contribution is 2.45. The molecule has 1 amide bonds. The molecule has 7 heteroatoms. The Labute approximate surface area is 138 Å². The van der Waals surface area contributed by atoms with Crippen LogP contribution in [0.4, 0.5) is 13.2 Å². The molecule has 0 spiro atoms. The normalized spacial score (nSPS) is 26.8. The Morgan fingerprint density at radius 1 is 1.29 bits per heavy atom. The molecule has 0 saturated carbocycles. The Bertz CT molecular complexity index is 657. The van der Waals surface area contributed by atoms with Crippen LogP contribution in [0.15, 0.2) is 18.2 Å². The SMILES string of the molecule is CC1(C)Oc2cc(C(F)(F)F)ccc2C(N2CCCCC2=O)C1O. The molecule has 0 bridgehead atoms. The first kappa shape index (κ1) is 17.1. The van der Waals surface area contributed by atoms with Gasteiger partial charge in [0.15, 0.2) is 0 Å². The van der Waals surface area contributed by atoms with Gasteiger partial charge in [-0.15, -0.1) is 0 Å². The van der Waals surface area contributed by atoms with Gasteiger partial charge in [0.25, 0.3) is 0 Å². The van der Waals surface area contributed by atoms with Crippen molar-refractivity contribution in [2.75, 3.05) is 6.54 Å². The minimum Gasteiger partial charge on any atom is -0.485 e. The molecule has 0 aliphatic carbocycles. The number of alkyl halides is 3. The fourth-order valence-corrected chi connectivity index (χ4v) is 3.40. The maximum atomic E-state index is 13.0. The number of carbonyl (C=O) groups is 1. The second-order valence-electron chi connectivity index (χ2n) is 6.89. The molecule has 0 aromatic heterocycles. The third-order valence-corrected chi connectivity index (χ3v) is 4.74. The summed E-state index contributed by atoms with van der Waals surface area (Å²) in [6.07, 6.45) is -3.51. The molecule has 1 aromatic carbocycles. The van der Waals surface area contributed by atoms with E-state index >= 15 is 0 Å². The molecule has 1 N–H and O–H groups in total. The lowest BCUT2D eigenvalue weighted by Crippen LogP contribution is -2.55. The van der Waals surface area contributed by atoms with E-state index in [1.54, 1.807) is 18.7 Å². The number of hydrogen-bond donors (Lipinski definition) is 1.